The number of nitro benzene ring substituents is 1. The molecule has 0 aromatic heterocycles. The van der Waals surface area contributed by atoms with E-state index in [1.165, 1.54) is 24.3 Å². The Labute approximate surface area is 138 Å². The van der Waals surface area contributed by atoms with Gasteiger partial charge in [0.15, 0.2) is 9.84 Å². The molecule has 1 aliphatic heterocycles. The highest BCUT2D eigenvalue weighted by Gasteiger charge is 2.39. The number of hydrogen-bond donors (Lipinski definition) is 0. The van der Waals surface area contributed by atoms with Crippen molar-refractivity contribution in [3.63, 3.8) is 0 Å². The van der Waals surface area contributed by atoms with Crippen molar-refractivity contribution in [2.45, 2.75) is 21.8 Å². The first-order valence-electron chi connectivity index (χ1n) is 7.15. The third kappa shape index (κ3) is 3.11. The van der Waals surface area contributed by atoms with E-state index in [1.54, 1.807) is 11.8 Å². The van der Waals surface area contributed by atoms with Crippen molar-refractivity contribution in [3.05, 3.63) is 70.3 Å². The molecule has 120 valence electrons. The van der Waals surface area contributed by atoms with Crippen LogP contribution in [-0.4, -0.2) is 24.3 Å². The maximum atomic E-state index is 12.9. The molecule has 1 aliphatic rings. The Morgan fingerprint density at radius 2 is 1.70 bits per heavy atom. The van der Waals surface area contributed by atoms with Crippen LogP contribution in [0.2, 0.25) is 0 Å². The van der Waals surface area contributed by atoms with E-state index >= 15 is 0 Å². The highest BCUT2D eigenvalue weighted by Crippen LogP contribution is 2.45. The molecule has 23 heavy (non-hydrogen) atoms. The first kappa shape index (κ1) is 16.0. The summed E-state index contributed by atoms with van der Waals surface area (Å²) in [5, 5.41) is 10.1. The predicted molar refractivity (Wildman–Crippen MR) is 90.3 cm³/mol. The molecular weight excluding hydrogens is 334 g/mol. The topological polar surface area (TPSA) is 77.3 Å². The summed E-state index contributed by atoms with van der Waals surface area (Å²) in [5.41, 5.74) is 0.898. The largest absolute Gasteiger partial charge is 0.269 e. The lowest BCUT2D eigenvalue weighted by atomic mass is 10.1. The Hall–Kier alpha value is -1.86. The average molecular weight is 349 g/mol. The number of hydrogen-bond acceptors (Lipinski definition) is 5. The number of nitrogens with zero attached hydrogens (tertiary/aromatic N) is 1. The van der Waals surface area contributed by atoms with Crippen molar-refractivity contribution < 1.29 is 13.3 Å². The summed E-state index contributed by atoms with van der Waals surface area (Å²) in [6.45, 7) is 0. The van der Waals surface area contributed by atoms with E-state index < -0.39 is 20.0 Å². The van der Waals surface area contributed by atoms with Crippen LogP contribution in [0.15, 0.2) is 59.5 Å². The molecule has 5 nitrogen and oxygen atoms in total. The Bertz CT molecular complexity index is 804. The van der Waals surface area contributed by atoms with Gasteiger partial charge >= 0.3 is 0 Å². The Morgan fingerprint density at radius 1 is 1.04 bits per heavy atom. The van der Waals surface area contributed by atoms with E-state index in [1.807, 2.05) is 30.3 Å². The second-order valence-electron chi connectivity index (χ2n) is 5.33. The van der Waals surface area contributed by atoms with E-state index in [2.05, 4.69) is 0 Å². The van der Waals surface area contributed by atoms with Gasteiger partial charge in [-0.15, -0.1) is 0 Å². The molecule has 1 fully saturated rings. The summed E-state index contributed by atoms with van der Waals surface area (Å²) >= 11 is 1.65. The molecule has 0 bridgehead atoms. The van der Waals surface area contributed by atoms with Crippen molar-refractivity contribution in [1.29, 1.82) is 0 Å². The number of benzene rings is 2. The van der Waals surface area contributed by atoms with Gasteiger partial charge in [0, 0.05) is 17.4 Å². The van der Waals surface area contributed by atoms with Crippen LogP contribution in [-0.2, 0) is 9.84 Å². The van der Waals surface area contributed by atoms with Crippen LogP contribution in [0.1, 0.15) is 17.2 Å². The molecule has 0 radical (unpaired) electrons. The van der Waals surface area contributed by atoms with Gasteiger partial charge in [-0.25, -0.2) is 8.42 Å². The Morgan fingerprint density at radius 3 is 2.30 bits per heavy atom. The van der Waals surface area contributed by atoms with Crippen molar-refractivity contribution in [1.82, 2.24) is 0 Å². The second kappa shape index (κ2) is 6.33. The standard InChI is InChI=1S/C16H15NO4S2/c18-17(19)13-6-8-14(9-7-13)23(20,21)15-10-11-22-16(15)12-4-2-1-3-5-12/h1-9,15-16H,10-11H2. The van der Waals surface area contributed by atoms with Gasteiger partial charge in [-0.2, -0.15) is 11.8 Å². The average Bonchev–Trinajstić information content (AvgIpc) is 3.06. The minimum Gasteiger partial charge on any atom is -0.258 e. The summed E-state index contributed by atoms with van der Waals surface area (Å²) in [4.78, 5) is 10.3. The third-order valence-corrected chi connectivity index (χ3v) is 7.78. The van der Waals surface area contributed by atoms with E-state index in [9.17, 15) is 18.5 Å². The highest BCUT2D eigenvalue weighted by molar-refractivity contribution is 8.01. The Kier molecular flexibility index (Phi) is 4.41. The van der Waals surface area contributed by atoms with Crippen LogP contribution in [0.25, 0.3) is 0 Å². The maximum Gasteiger partial charge on any atom is 0.269 e. The molecule has 0 saturated carbocycles. The van der Waals surface area contributed by atoms with Crippen molar-refractivity contribution >= 4 is 27.3 Å². The molecule has 2 aromatic rings. The number of thioether (sulfide) groups is 1. The van der Waals surface area contributed by atoms with Crippen molar-refractivity contribution in [2.75, 3.05) is 5.75 Å². The van der Waals surface area contributed by atoms with Crippen LogP contribution in [0.4, 0.5) is 5.69 Å². The zero-order chi connectivity index (χ0) is 16.4. The quantitative estimate of drug-likeness (QED) is 0.622. The van der Waals surface area contributed by atoms with E-state index in [0.717, 1.165) is 11.3 Å². The molecule has 0 aliphatic carbocycles. The third-order valence-electron chi connectivity index (χ3n) is 3.94. The van der Waals surface area contributed by atoms with Gasteiger partial charge in [-0.05, 0) is 29.9 Å². The van der Waals surface area contributed by atoms with Gasteiger partial charge in [0.25, 0.3) is 5.69 Å². The summed E-state index contributed by atoms with van der Waals surface area (Å²) in [7, 11) is -3.52. The molecule has 0 N–H and O–H groups in total. The van der Waals surface area contributed by atoms with Crippen LogP contribution in [0.3, 0.4) is 0 Å². The number of nitro groups is 1. The maximum absolute atomic E-state index is 12.9. The van der Waals surface area contributed by atoms with Crippen LogP contribution in [0.5, 0.6) is 0 Å². The second-order valence-corrected chi connectivity index (χ2v) is 8.74. The molecule has 3 rings (SSSR count). The fourth-order valence-electron chi connectivity index (χ4n) is 2.77. The van der Waals surface area contributed by atoms with E-state index in [-0.39, 0.29) is 15.8 Å². The summed E-state index contributed by atoms with van der Waals surface area (Å²) in [5.74, 6) is 0.788. The van der Waals surface area contributed by atoms with E-state index in [4.69, 9.17) is 0 Å². The van der Waals surface area contributed by atoms with Crippen LogP contribution >= 0.6 is 11.8 Å². The lowest BCUT2D eigenvalue weighted by Crippen LogP contribution is -2.23. The number of rotatable bonds is 4. The minimum atomic E-state index is -3.52. The first-order valence-corrected chi connectivity index (χ1v) is 9.74. The first-order chi connectivity index (χ1) is 11.0. The normalized spacial score (nSPS) is 21.2. The van der Waals surface area contributed by atoms with Crippen LogP contribution in [0, 0.1) is 10.1 Å². The molecule has 0 amide bonds. The van der Waals surface area contributed by atoms with Gasteiger partial charge < -0.3 is 0 Å². The zero-order valence-electron chi connectivity index (χ0n) is 12.2. The van der Waals surface area contributed by atoms with Crippen molar-refractivity contribution in [3.8, 4) is 0 Å². The smallest absolute Gasteiger partial charge is 0.258 e. The summed E-state index contributed by atoms with van der Waals surface area (Å²) < 4.78 is 25.8. The minimum absolute atomic E-state index is 0.101. The zero-order valence-corrected chi connectivity index (χ0v) is 13.8. The lowest BCUT2D eigenvalue weighted by Gasteiger charge is -2.19. The molecule has 1 heterocycles. The summed E-state index contributed by atoms with van der Waals surface area (Å²) in [6, 6.07) is 14.8. The molecule has 1 saturated heterocycles. The predicted octanol–water partition coefficient (Wildman–Crippen LogP) is 3.62. The van der Waals surface area contributed by atoms with Gasteiger partial charge in [0.05, 0.1) is 15.1 Å². The van der Waals surface area contributed by atoms with Crippen molar-refractivity contribution in [2.24, 2.45) is 0 Å². The van der Waals surface area contributed by atoms with Gasteiger partial charge in [-0.1, -0.05) is 30.3 Å². The fraction of sp³-hybridized carbons (Fsp3) is 0.250. The Balaban J connectivity index is 1.93. The summed E-state index contributed by atoms with van der Waals surface area (Å²) in [6.07, 6.45) is 0.587. The molecule has 2 aromatic carbocycles. The SMILES string of the molecule is O=[N+]([O-])c1ccc(S(=O)(=O)C2CCSC2c2ccccc2)cc1. The van der Waals surface area contributed by atoms with Gasteiger partial charge in [0.1, 0.15) is 0 Å². The molecule has 7 heteroatoms. The van der Waals surface area contributed by atoms with Gasteiger partial charge in [0.2, 0.25) is 0 Å². The molecular formula is C16H15NO4S2. The molecule has 0 spiro atoms. The molecule has 2 unspecified atom stereocenters. The van der Waals surface area contributed by atoms with E-state index in [0.29, 0.717) is 6.42 Å². The van der Waals surface area contributed by atoms with Gasteiger partial charge in [-0.3, -0.25) is 10.1 Å². The van der Waals surface area contributed by atoms with Crippen LogP contribution < -0.4 is 0 Å². The number of non-ortho nitro benzene ring substituents is 1. The monoisotopic (exact) mass is 349 g/mol. The fourth-order valence-corrected chi connectivity index (χ4v) is 6.72. The lowest BCUT2D eigenvalue weighted by molar-refractivity contribution is -0.384. The highest BCUT2D eigenvalue weighted by atomic mass is 32.2. The molecule has 2 atom stereocenters. The number of sulfone groups is 1.